The summed E-state index contributed by atoms with van der Waals surface area (Å²) in [7, 11) is 0. The molecule has 0 spiro atoms. The maximum Gasteiger partial charge on any atom is 0.331 e. The van der Waals surface area contributed by atoms with Gasteiger partial charge in [0, 0.05) is 0 Å². The highest BCUT2D eigenvalue weighted by Gasteiger charge is 2.35. The zero-order valence-corrected chi connectivity index (χ0v) is 12.5. The van der Waals surface area contributed by atoms with Crippen LogP contribution in [0.25, 0.3) is 6.08 Å². The lowest BCUT2D eigenvalue weighted by molar-refractivity contribution is -0.130. The Balaban J connectivity index is 1.89. The topological polar surface area (TPSA) is 66.5 Å². The van der Waals surface area contributed by atoms with E-state index in [2.05, 4.69) is 5.32 Å². The molecule has 1 heterocycles. The zero-order valence-electron chi connectivity index (χ0n) is 12.5. The normalized spacial score (nSPS) is 16.5. The summed E-state index contributed by atoms with van der Waals surface area (Å²) in [6.45, 7) is 0.0551. The van der Waals surface area contributed by atoms with Crippen molar-refractivity contribution in [3.63, 3.8) is 0 Å². The van der Waals surface area contributed by atoms with Gasteiger partial charge in [0.25, 0.3) is 11.8 Å². The van der Waals surface area contributed by atoms with E-state index >= 15 is 0 Å². The summed E-state index contributed by atoms with van der Waals surface area (Å²) < 4.78 is 13.0. The van der Waals surface area contributed by atoms with Crippen LogP contribution in [0.15, 0.2) is 60.2 Å². The van der Waals surface area contributed by atoms with Gasteiger partial charge in [-0.25, -0.2) is 9.18 Å². The van der Waals surface area contributed by atoms with Gasteiger partial charge in [0.15, 0.2) is 0 Å². The van der Waals surface area contributed by atoms with Gasteiger partial charge in [-0.15, -0.1) is 0 Å². The molecule has 2 aromatic rings. The first-order chi connectivity index (χ1) is 11.5. The van der Waals surface area contributed by atoms with Crippen LogP contribution in [0, 0.1) is 5.82 Å². The van der Waals surface area contributed by atoms with E-state index in [9.17, 15) is 18.8 Å². The number of nitrogens with zero attached hydrogens (tertiary/aromatic N) is 1. The zero-order chi connectivity index (χ0) is 17.1. The average molecular weight is 324 g/mol. The Morgan fingerprint density at radius 1 is 0.958 bits per heavy atom. The molecule has 0 aliphatic carbocycles. The number of benzene rings is 2. The Morgan fingerprint density at radius 3 is 2.29 bits per heavy atom. The molecule has 1 aliphatic rings. The van der Waals surface area contributed by atoms with Crippen LogP contribution in [0.5, 0.6) is 0 Å². The van der Waals surface area contributed by atoms with Crippen molar-refractivity contribution in [2.24, 2.45) is 0 Å². The van der Waals surface area contributed by atoms with Crippen molar-refractivity contribution >= 4 is 23.9 Å². The third kappa shape index (κ3) is 3.22. The van der Waals surface area contributed by atoms with Gasteiger partial charge >= 0.3 is 6.03 Å². The molecule has 120 valence electrons. The van der Waals surface area contributed by atoms with Crippen LogP contribution in [-0.4, -0.2) is 22.7 Å². The summed E-state index contributed by atoms with van der Waals surface area (Å²) in [5.41, 5.74) is 1.08. The second-order valence-corrected chi connectivity index (χ2v) is 5.25. The summed E-state index contributed by atoms with van der Waals surface area (Å²) in [6.07, 6.45) is 1.33. The number of imide groups is 2. The highest BCUT2D eigenvalue weighted by molar-refractivity contribution is 6.30. The van der Waals surface area contributed by atoms with Crippen molar-refractivity contribution in [3.05, 3.63) is 77.1 Å². The summed E-state index contributed by atoms with van der Waals surface area (Å²) in [6, 6.07) is 13.6. The van der Waals surface area contributed by atoms with E-state index < -0.39 is 23.7 Å². The first-order valence-electron chi connectivity index (χ1n) is 7.23. The molecule has 4 amide bonds. The number of rotatable bonds is 3. The van der Waals surface area contributed by atoms with Crippen molar-refractivity contribution in [2.75, 3.05) is 0 Å². The molecule has 0 saturated carbocycles. The molecular weight excluding hydrogens is 311 g/mol. The molecule has 1 saturated heterocycles. The van der Waals surface area contributed by atoms with E-state index in [4.69, 9.17) is 0 Å². The second-order valence-electron chi connectivity index (χ2n) is 5.25. The number of amides is 4. The molecule has 0 unspecified atom stereocenters. The minimum atomic E-state index is -0.765. The molecule has 3 rings (SSSR count). The van der Waals surface area contributed by atoms with Crippen LogP contribution in [0.4, 0.5) is 9.18 Å². The minimum Gasteiger partial charge on any atom is -0.273 e. The van der Waals surface area contributed by atoms with Gasteiger partial charge in [-0.3, -0.25) is 19.8 Å². The van der Waals surface area contributed by atoms with Gasteiger partial charge in [0.2, 0.25) is 0 Å². The van der Waals surface area contributed by atoms with Crippen LogP contribution < -0.4 is 5.32 Å². The van der Waals surface area contributed by atoms with Crippen LogP contribution >= 0.6 is 0 Å². The number of carbonyl (C=O) groups excluding carboxylic acids is 3. The molecule has 5 nitrogen and oxygen atoms in total. The summed E-state index contributed by atoms with van der Waals surface area (Å²) in [5.74, 6) is -1.87. The molecule has 1 aliphatic heterocycles. The Labute approximate surface area is 137 Å². The predicted molar refractivity (Wildman–Crippen MR) is 84.9 cm³/mol. The van der Waals surface area contributed by atoms with E-state index in [1.807, 2.05) is 6.07 Å². The number of urea groups is 1. The van der Waals surface area contributed by atoms with Gasteiger partial charge in [-0.05, 0) is 29.3 Å². The first-order valence-corrected chi connectivity index (χ1v) is 7.23. The van der Waals surface area contributed by atoms with Crippen LogP contribution in [0.2, 0.25) is 0 Å². The fourth-order valence-corrected chi connectivity index (χ4v) is 2.33. The molecule has 6 heteroatoms. The van der Waals surface area contributed by atoms with Gasteiger partial charge < -0.3 is 0 Å². The predicted octanol–water partition coefficient (Wildman–Crippen LogP) is 2.49. The van der Waals surface area contributed by atoms with E-state index in [0.29, 0.717) is 5.56 Å². The SMILES string of the molecule is O=C1NC(=O)N(Cc2ccccc2)C(=O)C1=Cc1ccc(F)cc1. The quantitative estimate of drug-likeness (QED) is 0.697. The van der Waals surface area contributed by atoms with Crippen LogP contribution in [0.3, 0.4) is 0 Å². The molecule has 1 N–H and O–H groups in total. The smallest absolute Gasteiger partial charge is 0.273 e. The van der Waals surface area contributed by atoms with Gasteiger partial charge in [0.05, 0.1) is 6.54 Å². The summed E-state index contributed by atoms with van der Waals surface area (Å²) in [4.78, 5) is 37.4. The summed E-state index contributed by atoms with van der Waals surface area (Å²) >= 11 is 0. The van der Waals surface area contributed by atoms with Crippen molar-refractivity contribution in [1.82, 2.24) is 10.2 Å². The standard InChI is InChI=1S/C18H13FN2O3/c19-14-8-6-12(7-9-14)10-15-16(22)20-18(24)21(17(15)23)11-13-4-2-1-3-5-13/h1-10H,11H2,(H,20,22,24). The van der Waals surface area contributed by atoms with E-state index in [0.717, 1.165) is 10.5 Å². The monoisotopic (exact) mass is 324 g/mol. The largest absolute Gasteiger partial charge is 0.331 e. The molecule has 24 heavy (non-hydrogen) atoms. The average Bonchev–Trinajstić information content (AvgIpc) is 2.58. The minimum absolute atomic E-state index is 0.0551. The molecule has 0 atom stereocenters. The number of carbonyl (C=O) groups is 3. The second kappa shape index (κ2) is 6.45. The Morgan fingerprint density at radius 2 is 1.62 bits per heavy atom. The van der Waals surface area contributed by atoms with Crippen molar-refractivity contribution in [1.29, 1.82) is 0 Å². The van der Waals surface area contributed by atoms with Gasteiger partial charge in [-0.2, -0.15) is 0 Å². The molecule has 0 aromatic heterocycles. The Bertz CT molecular complexity index is 829. The third-order valence-electron chi connectivity index (χ3n) is 3.55. The van der Waals surface area contributed by atoms with Gasteiger partial charge in [-0.1, -0.05) is 42.5 Å². The van der Waals surface area contributed by atoms with Gasteiger partial charge in [0.1, 0.15) is 11.4 Å². The third-order valence-corrected chi connectivity index (χ3v) is 3.55. The number of hydrogen-bond acceptors (Lipinski definition) is 3. The first kappa shape index (κ1) is 15.6. The molecule has 0 radical (unpaired) electrons. The maximum absolute atomic E-state index is 13.0. The van der Waals surface area contributed by atoms with E-state index in [-0.39, 0.29) is 12.1 Å². The van der Waals surface area contributed by atoms with E-state index in [1.54, 1.807) is 24.3 Å². The molecule has 2 aromatic carbocycles. The Kier molecular flexibility index (Phi) is 4.20. The molecule has 1 fully saturated rings. The summed E-state index contributed by atoms with van der Waals surface area (Å²) in [5, 5.41) is 2.15. The number of hydrogen-bond donors (Lipinski definition) is 1. The molecular formula is C18H13FN2O3. The lowest BCUT2D eigenvalue weighted by Crippen LogP contribution is -2.53. The van der Waals surface area contributed by atoms with Crippen LogP contribution in [0.1, 0.15) is 11.1 Å². The Hall–Kier alpha value is -3.28. The fraction of sp³-hybridized carbons (Fsp3) is 0.0556. The maximum atomic E-state index is 13.0. The lowest BCUT2D eigenvalue weighted by atomic mass is 10.1. The van der Waals surface area contributed by atoms with Crippen molar-refractivity contribution in [3.8, 4) is 0 Å². The number of halogens is 1. The lowest BCUT2D eigenvalue weighted by Gasteiger charge is -2.26. The number of nitrogens with one attached hydrogen (secondary N) is 1. The number of barbiturate groups is 1. The van der Waals surface area contributed by atoms with E-state index in [1.165, 1.54) is 30.3 Å². The highest BCUT2D eigenvalue weighted by atomic mass is 19.1. The van der Waals surface area contributed by atoms with Crippen molar-refractivity contribution < 1.29 is 18.8 Å². The molecule has 0 bridgehead atoms. The van der Waals surface area contributed by atoms with Crippen molar-refractivity contribution in [2.45, 2.75) is 6.54 Å². The fourth-order valence-electron chi connectivity index (χ4n) is 2.33. The van der Waals surface area contributed by atoms with Crippen LogP contribution in [-0.2, 0) is 16.1 Å². The highest BCUT2D eigenvalue weighted by Crippen LogP contribution is 2.17.